The van der Waals surface area contributed by atoms with Gasteiger partial charge in [0.25, 0.3) is 0 Å². The van der Waals surface area contributed by atoms with Crippen LogP contribution in [0.3, 0.4) is 0 Å². The van der Waals surface area contributed by atoms with Gasteiger partial charge in [0.05, 0.1) is 18.0 Å². The number of aromatic amines is 1. The Bertz CT molecular complexity index is 704. The van der Waals surface area contributed by atoms with Gasteiger partial charge in [-0.1, -0.05) is 29.8 Å². The number of aliphatic hydroxyl groups is 1. The summed E-state index contributed by atoms with van der Waals surface area (Å²) in [6.07, 6.45) is 1.36. The number of nitrogens with zero attached hydrogens (tertiary/aromatic N) is 1. The molecule has 3 rings (SSSR count). The van der Waals surface area contributed by atoms with Crippen molar-refractivity contribution in [3.8, 4) is 11.3 Å². The molecule has 2 aromatic heterocycles. The van der Waals surface area contributed by atoms with Gasteiger partial charge in [-0.3, -0.25) is 5.10 Å². The highest BCUT2D eigenvalue weighted by atomic mass is 32.1. The van der Waals surface area contributed by atoms with Crippen LogP contribution >= 0.6 is 11.3 Å². The summed E-state index contributed by atoms with van der Waals surface area (Å²) in [7, 11) is 0. The van der Waals surface area contributed by atoms with Crippen LogP contribution in [-0.4, -0.2) is 21.8 Å². The standard InChI is InChI=1S/C17H19N3OS/c1-12-2-4-13(5-3-12)17-15(9-19-20-17)8-18-10-16(21)14-6-7-22-11-14/h2-7,9,11,16,18,21H,8,10H2,1H3,(H,19,20). The van der Waals surface area contributed by atoms with Crippen molar-refractivity contribution in [3.63, 3.8) is 0 Å². The normalized spacial score (nSPS) is 12.5. The molecule has 5 heteroatoms. The van der Waals surface area contributed by atoms with E-state index in [-0.39, 0.29) is 0 Å². The second-order valence-corrected chi connectivity index (χ2v) is 6.12. The van der Waals surface area contributed by atoms with E-state index in [0.29, 0.717) is 13.1 Å². The first-order chi connectivity index (χ1) is 10.7. The van der Waals surface area contributed by atoms with Crippen LogP contribution in [0.1, 0.15) is 22.8 Å². The average molecular weight is 313 g/mol. The molecule has 0 amide bonds. The summed E-state index contributed by atoms with van der Waals surface area (Å²) in [6, 6.07) is 10.3. The minimum atomic E-state index is -0.471. The number of nitrogens with one attached hydrogen (secondary N) is 2. The minimum Gasteiger partial charge on any atom is -0.387 e. The second kappa shape index (κ2) is 6.87. The number of aryl methyl sites for hydroxylation is 1. The molecular formula is C17H19N3OS. The molecule has 0 aliphatic heterocycles. The number of aromatic nitrogens is 2. The van der Waals surface area contributed by atoms with E-state index < -0.39 is 6.10 Å². The number of rotatable bonds is 6. The van der Waals surface area contributed by atoms with Crippen molar-refractivity contribution in [1.82, 2.24) is 15.5 Å². The lowest BCUT2D eigenvalue weighted by Crippen LogP contribution is -2.20. The molecule has 3 aromatic rings. The van der Waals surface area contributed by atoms with Gasteiger partial charge in [0, 0.05) is 18.7 Å². The topological polar surface area (TPSA) is 60.9 Å². The van der Waals surface area contributed by atoms with Crippen LogP contribution in [0.2, 0.25) is 0 Å². The van der Waals surface area contributed by atoms with Crippen molar-refractivity contribution in [2.45, 2.75) is 19.6 Å². The monoisotopic (exact) mass is 313 g/mol. The first-order valence-electron chi connectivity index (χ1n) is 7.24. The van der Waals surface area contributed by atoms with Crippen LogP contribution in [-0.2, 0) is 6.54 Å². The molecule has 0 radical (unpaired) electrons. The van der Waals surface area contributed by atoms with Gasteiger partial charge in [0.15, 0.2) is 0 Å². The summed E-state index contributed by atoms with van der Waals surface area (Å²) >= 11 is 1.60. The zero-order chi connectivity index (χ0) is 15.4. The Labute approximate surface area is 133 Å². The molecule has 1 unspecified atom stereocenters. The van der Waals surface area contributed by atoms with E-state index in [4.69, 9.17) is 0 Å². The van der Waals surface area contributed by atoms with Crippen LogP contribution in [0.5, 0.6) is 0 Å². The fourth-order valence-electron chi connectivity index (χ4n) is 2.34. The summed E-state index contributed by atoms with van der Waals surface area (Å²) in [6.45, 7) is 3.27. The Hall–Kier alpha value is -1.95. The molecule has 1 atom stereocenters. The molecule has 22 heavy (non-hydrogen) atoms. The molecule has 114 valence electrons. The summed E-state index contributed by atoms with van der Waals surface area (Å²) < 4.78 is 0. The fourth-order valence-corrected chi connectivity index (χ4v) is 3.05. The largest absolute Gasteiger partial charge is 0.387 e. The van der Waals surface area contributed by atoms with E-state index in [2.05, 4.69) is 46.7 Å². The molecule has 0 bridgehead atoms. The Balaban J connectivity index is 1.62. The summed E-state index contributed by atoms with van der Waals surface area (Å²) in [4.78, 5) is 0. The van der Waals surface area contributed by atoms with Gasteiger partial charge >= 0.3 is 0 Å². The van der Waals surface area contributed by atoms with Gasteiger partial charge in [-0.25, -0.2) is 0 Å². The van der Waals surface area contributed by atoms with Gasteiger partial charge in [-0.15, -0.1) is 0 Å². The van der Waals surface area contributed by atoms with Crippen LogP contribution in [0.25, 0.3) is 11.3 Å². The number of hydrogen-bond donors (Lipinski definition) is 3. The lowest BCUT2D eigenvalue weighted by Gasteiger charge is -2.10. The maximum Gasteiger partial charge on any atom is 0.0922 e. The van der Waals surface area contributed by atoms with E-state index in [9.17, 15) is 5.11 Å². The van der Waals surface area contributed by atoms with E-state index in [1.54, 1.807) is 11.3 Å². The van der Waals surface area contributed by atoms with E-state index in [1.807, 2.05) is 23.0 Å². The third kappa shape index (κ3) is 3.44. The van der Waals surface area contributed by atoms with Crippen molar-refractivity contribution >= 4 is 11.3 Å². The summed E-state index contributed by atoms with van der Waals surface area (Å²) in [5, 5.41) is 24.5. The molecular weight excluding hydrogens is 294 g/mol. The molecule has 0 saturated heterocycles. The Morgan fingerprint density at radius 1 is 1.27 bits per heavy atom. The number of thiophene rings is 1. The third-order valence-electron chi connectivity index (χ3n) is 3.64. The quantitative estimate of drug-likeness (QED) is 0.654. The van der Waals surface area contributed by atoms with Crippen molar-refractivity contribution in [2.75, 3.05) is 6.54 Å². The number of H-pyrrole nitrogens is 1. The van der Waals surface area contributed by atoms with Gasteiger partial charge in [-0.05, 0) is 34.9 Å². The van der Waals surface area contributed by atoms with E-state index >= 15 is 0 Å². The first-order valence-corrected chi connectivity index (χ1v) is 8.18. The Morgan fingerprint density at radius 2 is 2.09 bits per heavy atom. The Morgan fingerprint density at radius 3 is 2.82 bits per heavy atom. The van der Waals surface area contributed by atoms with Crippen molar-refractivity contribution in [2.24, 2.45) is 0 Å². The second-order valence-electron chi connectivity index (χ2n) is 5.34. The highest BCUT2D eigenvalue weighted by molar-refractivity contribution is 7.07. The number of aliphatic hydroxyl groups excluding tert-OH is 1. The van der Waals surface area contributed by atoms with Crippen molar-refractivity contribution < 1.29 is 5.11 Å². The average Bonchev–Trinajstić information content (AvgIpc) is 3.19. The van der Waals surface area contributed by atoms with Crippen LogP contribution in [0, 0.1) is 6.92 Å². The highest BCUT2D eigenvalue weighted by Crippen LogP contribution is 2.21. The molecule has 4 nitrogen and oxygen atoms in total. The summed E-state index contributed by atoms with van der Waals surface area (Å²) in [5.41, 5.74) is 5.45. The molecule has 1 aromatic carbocycles. The van der Waals surface area contributed by atoms with Gasteiger partial charge in [0.1, 0.15) is 0 Å². The summed E-state index contributed by atoms with van der Waals surface area (Å²) in [5.74, 6) is 0. The number of hydrogen-bond acceptors (Lipinski definition) is 4. The lowest BCUT2D eigenvalue weighted by molar-refractivity contribution is 0.175. The molecule has 0 fully saturated rings. The Kier molecular flexibility index (Phi) is 4.68. The predicted octanol–water partition coefficient (Wildman–Crippen LogP) is 3.27. The van der Waals surface area contributed by atoms with Crippen LogP contribution in [0.15, 0.2) is 47.3 Å². The van der Waals surface area contributed by atoms with Gasteiger partial charge in [-0.2, -0.15) is 16.4 Å². The van der Waals surface area contributed by atoms with Crippen molar-refractivity contribution in [3.05, 3.63) is 64.0 Å². The zero-order valence-corrected chi connectivity index (χ0v) is 13.2. The zero-order valence-electron chi connectivity index (χ0n) is 12.4. The van der Waals surface area contributed by atoms with Gasteiger partial charge < -0.3 is 10.4 Å². The lowest BCUT2D eigenvalue weighted by atomic mass is 10.1. The maximum absolute atomic E-state index is 10.1. The highest BCUT2D eigenvalue weighted by Gasteiger charge is 2.10. The maximum atomic E-state index is 10.1. The first kappa shape index (κ1) is 15.0. The van der Waals surface area contributed by atoms with Crippen LogP contribution < -0.4 is 5.32 Å². The molecule has 0 spiro atoms. The molecule has 0 aliphatic rings. The van der Waals surface area contributed by atoms with E-state index in [1.165, 1.54) is 5.56 Å². The fraction of sp³-hybridized carbons (Fsp3) is 0.235. The molecule has 3 N–H and O–H groups in total. The molecule has 0 aliphatic carbocycles. The minimum absolute atomic E-state index is 0.471. The number of benzene rings is 1. The predicted molar refractivity (Wildman–Crippen MR) is 89.7 cm³/mol. The smallest absolute Gasteiger partial charge is 0.0922 e. The van der Waals surface area contributed by atoms with Crippen LogP contribution in [0.4, 0.5) is 0 Å². The van der Waals surface area contributed by atoms with E-state index in [0.717, 1.165) is 22.4 Å². The molecule has 0 saturated carbocycles. The SMILES string of the molecule is Cc1ccc(-c2[nH]ncc2CNCC(O)c2ccsc2)cc1. The van der Waals surface area contributed by atoms with Crippen molar-refractivity contribution in [1.29, 1.82) is 0 Å². The third-order valence-corrected chi connectivity index (χ3v) is 4.34. The van der Waals surface area contributed by atoms with Gasteiger partial charge in [0.2, 0.25) is 0 Å². The molecule has 2 heterocycles.